The third-order valence-corrected chi connectivity index (χ3v) is 6.38. The van der Waals surface area contributed by atoms with Crippen LogP contribution in [0, 0.1) is 0 Å². The molecule has 0 fully saturated rings. The monoisotopic (exact) mass is 597 g/mol. The second-order valence-corrected chi connectivity index (χ2v) is 11.2. The van der Waals surface area contributed by atoms with Crippen LogP contribution in [0.5, 0.6) is 17.2 Å². The van der Waals surface area contributed by atoms with Crippen LogP contribution in [0.3, 0.4) is 0 Å². The summed E-state index contributed by atoms with van der Waals surface area (Å²) >= 11 is 0. The molecule has 0 aliphatic heterocycles. The zero-order chi connectivity index (χ0) is 32.0. The zero-order valence-electron chi connectivity index (χ0n) is 26.8. The van der Waals surface area contributed by atoms with E-state index in [2.05, 4.69) is 10.2 Å². The second-order valence-electron chi connectivity index (χ2n) is 11.2. The summed E-state index contributed by atoms with van der Waals surface area (Å²) in [5, 5.41) is 7.35. The lowest BCUT2D eigenvalue weighted by Gasteiger charge is -2.32. The van der Waals surface area contributed by atoms with E-state index >= 15 is 0 Å². The van der Waals surface area contributed by atoms with Crippen molar-refractivity contribution in [2.45, 2.75) is 98.9 Å². The van der Waals surface area contributed by atoms with Gasteiger partial charge in [-0.15, -0.1) is 5.11 Å². The lowest BCUT2D eigenvalue weighted by atomic mass is 10.1. The van der Waals surface area contributed by atoms with Gasteiger partial charge in [-0.05, 0) is 97.6 Å². The topological polar surface area (TPSA) is 116 Å². The minimum Gasteiger partial charge on any atom is -0.494 e. The molecule has 2 aromatic carbocycles. The first-order valence-electron chi connectivity index (χ1n) is 14.9. The molecule has 0 aliphatic carbocycles. The molecule has 10 heteroatoms. The lowest BCUT2D eigenvalue weighted by molar-refractivity contribution is -0.158. The predicted octanol–water partition coefficient (Wildman–Crippen LogP) is 6.79. The molecule has 2 rings (SSSR count). The van der Waals surface area contributed by atoms with Crippen LogP contribution >= 0.6 is 0 Å². The zero-order valence-corrected chi connectivity index (χ0v) is 26.8. The smallest absolute Gasteiger partial charge is 0.349 e. The molecule has 0 unspecified atom stereocenters. The van der Waals surface area contributed by atoms with Crippen molar-refractivity contribution in [2.24, 2.45) is 10.2 Å². The van der Waals surface area contributed by atoms with Crippen molar-refractivity contribution in [3.8, 4) is 17.2 Å². The van der Waals surface area contributed by atoms with Crippen molar-refractivity contribution in [1.29, 1.82) is 0 Å². The molecule has 0 atom stereocenters. The van der Waals surface area contributed by atoms with E-state index in [1.165, 1.54) is 6.92 Å². The number of esters is 1. The van der Waals surface area contributed by atoms with E-state index in [0.29, 0.717) is 31.1 Å². The number of rotatable bonds is 17. The Morgan fingerprint density at radius 2 is 1.44 bits per heavy atom. The summed E-state index contributed by atoms with van der Waals surface area (Å²) in [4.78, 5) is 38.7. The van der Waals surface area contributed by atoms with Crippen LogP contribution in [-0.4, -0.2) is 60.2 Å². The van der Waals surface area contributed by atoms with Crippen molar-refractivity contribution in [3.05, 3.63) is 53.6 Å². The first-order chi connectivity index (χ1) is 20.4. The Hall–Kier alpha value is -3.95. The third-order valence-electron chi connectivity index (χ3n) is 6.38. The van der Waals surface area contributed by atoms with E-state index in [-0.39, 0.29) is 36.3 Å². The third kappa shape index (κ3) is 11.7. The molecule has 0 aliphatic rings. The molecule has 0 N–H and O–H groups in total. The van der Waals surface area contributed by atoms with Crippen LogP contribution in [0.1, 0.15) is 90.6 Å². The maximum atomic E-state index is 13.5. The van der Waals surface area contributed by atoms with Gasteiger partial charge < -0.3 is 23.8 Å². The van der Waals surface area contributed by atoms with Crippen LogP contribution in [0.15, 0.2) is 52.7 Å². The molecule has 0 aromatic heterocycles. The Morgan fingerprint density at radius 3 is 2.00 bits per heavy atom. The van der Waals surface area contributed by atoms with Crippen molar-refractivity contribution >= 4 is 17.8 Å². The highest BCUT2D eigenvalue weighted by atomic mass is 16.6. The number of hydrogen-bond acceptors (Lipinski definition) is 8. The van der Waals surface area contributed by atoms with Crippen LogP contribution < -0.4 is 14.2 Å². The summed E-state index contributed by atoms with van der Waals surface area (Å²) in [5.74, 6) is 0.575. The number of amides is 2. The fourth-order valence-electron chi connectivity index (χ4n) is 4.35. The van der Waals surface area contributed by atoms with Gasteiger partial charge in [0.15, 0.2) is 5.60 Å². The molecular formula is C33H47N3O7. The van der Waals surface area contributed by atoms with Gasteiger partial charge in [0, 0.05) is 25.1 Å². The first-order valence-corrected chi connectivity index (χ1v) is 14.9. The van der Waals surface area contributed by atoms with Crippen LogP contribution in [-0.2, 0) is 20.9 Å². The van der Waals surface area contributed by atoms with E-state index in [0.717, 1.165) is 30.6 Å². The van der Waals surface area contributed by atoms with E-state index < -0.39 is 11.6 Å². The molecule has 2 aromatic rings. The molecule has 0 radical (unpaired) electrons. The molecule has 0 heterocycles. The minimum absolute atomic E-state index is 0.0198. The van der Waals surface area contributed by atoms with E-state index in [4.69, 9.17) is 18.9 Å². The Morgan fingerprint density at radius 1 is 0.860 bits per heavy atom. The van der Waals surface area contributed by atoms with Crippen molar-refractivity contribution in [2.75, 3.05) is 19.8 Å². The summed E-state index contributed by atoms with van der Waals surface area (Å²) < 4.78 is 23.1. The lowest BCUT2D eigenvalue weighted by Crippen LogP contribution is -2.43. The van der Waals surface area contributed by atoms with Gasteiger partial charge in [0.25, 0.3) is 11.8 Å². The van der Waals surface area contributed by atoms with Crippen LogP contribution in [0.2, 0.25) is 0 Å². The summed E-state index contributed by atoms with van der Waals surface area (Å²) in [6, 6.07) is 12.6. The van der Waals surface area contributed by atoms with Gasteiger partial charge in [-0.3, -0.25) is 9.59 Å². The maximum absolute atomic E-state index is 13.5. The van der Waals surface area contributed by atoms with Gasteiger partial charge >= 0.3 is 5.97 Å². The fourth-order valence-corrected chi connectivity index (χ4v) is 4.35. The number of nitrogens with zero attached hydrogens (tertiary/aromatic N) is 3. The number of hydrogen-bond donors (Lipinski definition) is 0. The molecule has 43 heavy (non-hydrogen) atoms. The average Bonchev–Trinajstić information content (AvgIpc) is 2.92. The molecule has 0 bridgehead atoms. The van der Waals surface area contributed by atoms with Crippen LogP contribution in [0.25, 0.3) is 0 Å². The highest BCUT2D eigenvalue weighted by Crippen LogP contribution is 2.31. The number of carbonyl (C=O) groups excluding carboxylic acids is 3. The van der Waals surface area contributed by atoms with Gasteiger partial charge in [0.1, 0.15) is 17.2 Å². The number of benzene rings is 2. The molecule has 236 valence electrons. The largest absolute Gasteiger partial charge is 0.494 e. The summed E-state index contributed by atoms with van der Waals surface area (Å²) in [7, 11) is 0. The number of ether oxygens (including phenoxy) is 4. The SMILES string of the molecule is CCOC(=O)C(C)(C)Oc1cc(OCCCCCOc2ccc(CN=NC(C)=O)cc2)ccc1C(=O)N(C(C)C)C(C)C. The summed E-state index contributed by atoms with van der Waals surface area (Å²) in [5.41, 5.74) is 0.00492. The second kappa shape index (κ2) is 17.2. The normalized spacial score (nSPS) is 11.6. The average molecular weight is 598 g/mol. The highest BCUT2D eigenvalue weighted by Gasteiger charge is 2.34. The van der Waals surface area contributed by atoms with Crippen molar-refractivity contribution in [1.82, 2.24) is 4.90 Å². The van der Waals surface area contributed by atoms with Gasteiger partial charge in [-0.1, -0.05) is 12.1 Å². The van der Waals surface area contributed by atoms with Gasteiger partial charge in [0.2, 0.25) is 0 Å². The summed E-state index contributed by atoms with van der Waals surface area (Å²) in [6.45, 7) is 15.8. The molecule has 0 spiro atoms. The predicted molar refractivity (Wildman–Crippen MR) is 165 cm³/mol. The van der Waals surface area contributed by atoms with Crippen molar-refractivity contribution in [3.63, 3.8) is 0 Å². The molecule has 0 saturated carbocycles. The van der Waals surface area contributed by atoms with E-state index in [1.54, 1.807) is 43.9 Å². The molecule has 2 amide bonds. The standard InChI is InChI=1S/C33H47N3O7/c1-9-40-32(39)33(7,8)43-30-21-28(17-18-29(30)31(38)36(23(2)3)24(4)5)42-20-12-10-11-19-41-27-15-13-26(14-16-27)22-34-35-25(6)37/h13-18,21,23-24H,9-12,19-20,22H2,1-8H3. The Kier molecular flexibility index (Phi) is 14.1. The number of unbranched alkanes of at least 4 members (excludes halogenated alkanes) is 2. The van der Waals surface area contributed by atoms with Crippen molar-refractivity contribution < 1.29 is 33.3 Å². The molecular weight excluding hydrogens is 550 g/mol. The molecule has 0 saturated heterocycles. The number of carbonyl (C=O) groups is 3. The van der Waals surface area contributed by atoms with Gasteiger partial charge in [-0.25, -0.2) is 4.79 Å². The van der Waals surface area contributed by atoms with E-state index in [1.807, 2.05) is 52.0 Å². The van der Waals surface area contributed by atoms with E-state index in [9.17, 15) is 14.4 Å². The van der Waals surface area contributed by atoms with Gasteiger partial charge in [0.05, 0.1) is 31.9 Å². The highest BCUT2D eigenvalue weighted by molar-refractivity contribution is 5.97. The quantitative estimate of drug-likeness (QED) is 0.112. The fraction of sp³-hybridized carbons (Fsp3) is 0.545. The Balaban J connectivity index is 1.95. The maximum Gasteiger partial charge on any atom is 0.349 e. The summed E-state index contributed by atoms with van der Waals surface area (Å²) in [6.07, 6.45) is 2.56. The first kappa shape index (κ1) is 35.2. The van der Waals surface area contributed by atoms with Crippen LogP contribution in [0.4, 0.5) is 0 Å². The Labute approximate surface area is 255 Å². The van der Waals surface area contributed by atoms with Gasteiger partial charge in [-0.2, -0.15) is 5.11 Å². The Bertz CT molecular complexity index is 1220. The molecule has 10 nitrogen and oxygen atoms in total. The number of azo groups is 1. The minimum atomic E-state index is -1.30.